The summed E-state index contributed by atoms with van der Waals surface area (Å²) in [4.78, 5) is 16.1. The van der Waals surface area contributed by atoms with Crippen LogP contribution in [0.25, 0.3) is 0 Å². The molecule has 0 saturated carbocycles. The second kappa shape index (κ2) is 6.49. The van der Waals surface area contributed by atoms with Gasteiger partial charge in [0, 0.05) is 4.90 Å². The Morgan fingerprint density at radius 1 is 1.33 bits per heavy atom. The molecule has 0 radical (unpaired) electrons. The van der Waals surface area contributed by atoms with Crippen molar-refractivity contribution < 1.29 is 9.53 Å². The van der Waals surface area contributed by atoms with Gasteiger partial charge in [-0.2, -0.15) is 0 Å². The summed E-state index contributed by atoms with van der Waals surface area (Å²) >= 11 is 3.23. The summed E-state index contributed by atoms with van der Waals surface area (Å²) in [7, 11) is 0. The summed E-state index contributed by atoms with van der Waals surface area (Å²) in [6.07, 6.45) is 6.02. The number of ether oxygens (including phenoxy) is 1. The van der Waals surface area contributed by atoms with Crippen LogP contribution in [0.4, 0.5) is 4.79 Å². The van der Waals surface area contributed by atoms with Crippen molar-refractivity contribution in [3.8, 4) is 0 Å². The zero-order valence-electron chi connectivity index (χ0n) is 11.5. The van der Waals surface area contributed by atoms with E-state index in [4.69, 9.17) is 10.5 Å². The predicted molar refractivity (Wildman–Crippen MR) is 83.7 cm³/mol. The fourth-order valence-electron chi connectivity index (χ4n) is 2.43. The number of primary amides is 1. The smallest absolute Gasteiger partial charge is 0.404 e. The van der Waals surface area contributed by atoms with E-state index in [0.29, 0.717) is 0 Å². The molecule has 0 spiro atoms. The van der Waals surface area contributed by atoms with Gasteiger partial charge in [-0.1, -0.05) is 17.8 Å². The number of carbonyl (C=O) groups is 1. The van der Waals surface area contributed by atoms with Crippen LogP contribution in [0, 0.1) is 0 Å². The second-order valence-corrected chi connectivity index (χ2v) is 7.41. The molecule has 21 heavy (non-hydrogen) atoms. The van der Waals surface area contributed by atoms with Crippen LogP contribution in [0.2, 0.25) is 0 Å². The van der Waals surface area contributed by atoms with E-state index in [2.05, 4.69) is 23.2 Å². The number of benzene rings is 1. The van der Waals surface area contributed by atoms with Crippen LogP contribution in [0.15, 0.2) is 33.5 Å². The standard InChI is InChI=1S/C15H16N2O2S2/c16-15(18)19-9-13-17-8-14(21-13)20-12-6-5-10-3-1-2-4-11(10)7-12/h5-8H,1-4,9H2,(H2,16,18). The molecule has 1 aromatic carbocycles. The highest BCUT2D eigenvalue weighted by Gasteiger charge is 2.11. The first-order chi connectivity index (χ1) is 10.2. The molecule has 4 nitrogen and oxygen atoms in total. The monoisotopic (exact) mass is 320 g/mol. The molecule has 1 aliphatic carbocycles. The lowest BCUT2D eigenvalue weighted by atomic mass is 9.92. The van der Waals surface area contributed by atoms with E-state index in [1.54, 1.807) is 11.8 Å². The average Bonchev–Trinajstić information content (AvgIpc) is 2.92. The van der Waals surface area contributed by atoms with Crippen molar-refractivity contribution in [3.63, 3.8) is 0 Å². The van der Waals surface area contributed by atoms with Gasteiger partial charge in [0.05, 0.1) is 10.4 Å². The van der Waals surface area contributed by atoms with Crippen LogP contribution in [0.5, 0.6) is 0 Å². The van der Waals surface area contributed by atoms with Gasteiger partial charge < -0.3 is 10.5 Å². The van der Waals surface area contributed by atoms with E-state index in [-0.39, 0.29) is 6.61 Å². The zero-order valence-corrected chi connectivity index (χ0v) is 13.1. The lowest BCUT2D eigenvalue weighted by molar-refractivity contribution is 0.150. The van der Waals surface area contributed by atoms with Crippen molar-refractivity contribution in [1.82, 2.24) is 4.98 Å². The Labute approximate surface area is 131 Å². The Bertz CT molecular complexity index is 655. The Morgan fingerprint density at radius 3 is 2.95 bits per heavy atom. The van der Waals surface area contributed by atoms with E-state index in [0.717, 1.165) is 9.22 Å². The number of fused-ring (bicyclic) bond motifs is 1. The molecule has 2 N–H and O–H groups in total. The molecule has 0 saturated heterocycles. The molecular formula is C15H16N2O2S2. The van der Waals surface area contributed by atoms with E-state index < -0.39 is 6.09 Å². The van der Waals surface area contributed by atoms with Crippen LogP contribution in [-0.2, 0) is 24.2 Å². The van der Waals surface area contributed by atoms with Crippen LogP contribution >= 0.6 is 23.1 Å². The molecule has 6 heteroatoms. The Kier molecular flexibility index (Phi) is 4.45. The molecule has 0 unspecified atom stereocenters. The third-order valence-electron chi connectivity index (χ3n) is 3.41. The van der Waals surface area contributed by atoms with Crippen LogP contribution in [0.1, 0.15) is 29.0 Å². The first-order valence-electron chi connectivity index (χ1n) is 6.87. The van der Waals surface area contributed by atoms with Crippen LogP contribution in [0.3, 0.4) is 0 Å². The summed E-state index contributed by atoms with van der Waals surface area (Å²) in [6.45, 7) is 0.144. The third-order valence-corrected chi connectivity index (χ3v) is 5.47. The van der Waals surface area contributed by atoms with Gasteiger partial charge in [-0.25, -0.2) is 9.78 Å². The first-order valence-corrected chi connectivity index (χ1v) is 8.50. The number of nitrogens with two attached hydrogens (primary N) is 1. The van der Waals surface area contributed by atoms with E-state index in [1.165, 1.54) is 53.0 Å². The molecule has 3 rings (SSSR count). The summed E-state index contributed by atoms with van der Waals surface area (Å²) < 4.78 is 5.83. The number of aromatic nitrogens is 1. The van der Waals surface area contributed by atoms with Gasteiger partial charge in [-0.3, -0.25) is 0 Å². The number of hydrogen-bond donors (Lipinski definition) is 1. The quantitative estimate of drug-likeness (QED) is 0.931. The number of aryl methyl sites for hydroxylation is 2. The predicted octanol–water partition coefficient (Wildman–Crippen LogP) is 3.77. The minimum Gasteiger partial charge on any atom is -0.442 e. The van der Waals surface area contributed by atoms with Crippen molar-refractivity contribution in [1.29, 1.82) is 0 Å². The maximum absolute atomic E-state index is 10.6. The summed E-state index contributed by atoms with van der Waals surface area (Å²) in [5.41, 5.74) is 7.92. The minimum absolute atomic E-state index is 0.144. The van der Waals surface area contributed by atoms with Gasteiger partial charge in [-0.15, -0.1) is 11.3 Å². The molecule has 0 bridgehead atoms. The number of carbonyl (C=O) groups excluding carboxylic acids is 1. The minimum atomic E-state index is -0.769. The first kappa shape index (κ1) is 14.4. The van der Waals surface area contributed by atoms with Crippen molar-refractivity contribution in [2.24, 2.45) is 5.73 Å². The molecule has 0 fully saturated rings. The fraction of sp³-hybridized carbons (Fsp3) is 0.333. The van der Waals surface area contributed by atoms with Crippen molar-refractivity contribution in [3.05, 3.63) is 40.5 Å². The third kappa shape index (κ3) is 3.77. The molecule has 1 aliphatic rings. The Hall–Kier alpha value is -1.53. The van der Waals surface area contributed by atoms with Gasteiger partial charge in [0.25, 0.3) is 0 Å². The lowest BCUT2D eigenvalue weighted by Crippen LogP contribution is -2.12. The molecule has 1 amide bonds. The number of nitrogens with zero attached hydrogens (tertiary/aromatic N) is 1. The SMILES string of the molecule is NC(=O)OCc1ncc(Sc2ccc3c(c2)CCCC3)s1. The number of hydrogen-bond acceptors (Lipinski definition) is 5. The fourth-order valence-corrected chi connectivity index (χ4v) is 4.41. The average molecular weight is 320 g/mol. The van der Waals surface area contributed by atoms with Gasteiger partial charge >= 0.3 is 6.09 Å². The summed E-state index contributed by atoms with van der Waals surface area (Å²) in [5, 5.41) is 0.759. The molecule has 1 heterocycles. The highest BCUT2D eigenvalue weighted by molar-refractivity contribution is 8.01. The molecule has 2 aromatic rings. The molecule has 1 aromatic heterocycles. The zero-order chi connectivity index (χ0) is 14.7. The Morgan fingerprint density at radius 2 is 2.14 bits per heavy atom. The van der Waals surface area contributed by atoms with E-state index in [9.17, 15) is 4.79 Å². The van der Waals surface area contributed by atoms with Crippen molar-refractivity contribution >= 4 is 29.2 Å². The van der Waals surface area contributed by atoms with Crippen molar-refractivity contribution in [2.45, 2.75) is 41.4 Å². The molecular weight excluding hydrogens is 304 g/mol. The molecule has 0 aliphatic heterocycles. The normalized spacial score (nSPS) is 13.7. The van der Waals surface area contributed by atoms with Gasteiger partial charge in [-0.05, 0) is 48.9 Å². The topological polar surface area (TPSA) is 65.2 Å². The van der Waals surface area contributed by atoms with Gasteiger partial charge in [0.15, 0.2) is 0 Å². The number of rotatable bonds is 4. The van der Waals surface area contributed by atoms with Gasteiger partial charge in [0.1, 0.15) is 11.6 Å². The molecule has 110 valence electrons. The largest absolute Gasteiger partial charge is 0.442 e. The number of amides is 1. The summed E-state index contributed by atoms with van der Waals surface area (Å²) in [5.74, 6) is 0. The van der Waals surface area contributed by atoms with Crippen molar-refractivity contribution in [2.75, 3.05) is 0 Å². The Balaban J connectivity index is 1.67. The van der Waals surface area contributed by atoms with Gasteiger partial charge in [0.2, 0.25) is 0 Å². The summed E-state index contributed by atoms with van der Waals surface area (Å²) in [6, 6.07) is 6.71. The van der Waals surface area contributed by atoms with Crippen LogP contribution < -0.4 is 5.73 Å². The highest BCUT2D eigenvalue weighted by Crippen LogP contribution is 2.34. The van der Waals surface area contributed by atoms with Crippen LogP contribution in [-0.4, -0.2) is 11.1 Å². The highest BCUT2D eigenvalue weighted by atomic mass is 32.2. The second-order valence-electron chi connectivity index (χ2n) is 4.92. The maximum atomic E-state index is 10.6. The molecule has 0 atom stereocenters. The number of thiazole rings is 1. The lowest BCUT2D eigenvalue weighted by Gasteiger charge is -2.16. The van der Waals surface area contributed by atoms with E-state index in [1.807, 2.05) is 6.20 Å². The maximum Gasteiger partial charge on any atom is 0.404 e. The van der Waals surface area contributed by atoms with E-state index >= 15 is 0 Å².